The molecule has 11 nitrogen and oxygen atoms in total. The van der Waals surface area contributed by atoms with E-state index < -0.39 is 20.9 Å². The molecule has 12 heteroatoms. The first-order chi connectivity index (χ1) is 16.2. The van der Waals surface area contributed by atoms with Gasteiger partial charge in [-0.05, 0) is 60.2 Å². The molecule has 0 saturated heterocycles. The lowest BCUT2D eigenvalue weighted by Crippen LogP contribution is -2.17. The minimum Gasteiger partial charge on any atom is -0.497 e. The van der Waals surface area contributed by atoms with Crippen LogP contribution in [0.5, 0.6) is 17.2 Å². The summed E-state index contributed by atoms with van der Waals surface area (Å²) in [6.07, 6.45) is 1.35. The lowest BCUT2D eigenvalue weighted by molar-refractivity contribution is -0.384. The number of ether oxygens (including phenoxy) is 2. The highest BCUT2D eigenvalue weighted by atomic mass is 32.2. The first-order valence-electron chi connectivity index (χ1n) is 9.58. The molecular weight excluding hydrogens is 466 g/mol. The normalized spacial score (nSPS) is 11.1. The van der Waals surface area contributed by atoms with Crippen molar-refractivity contribution in [3.63, 3.8) is 0 Å². The topological polar surface area (TPSA) is 146 Å². The van der Waals surface area contributed by atoms with Crippen molar-refractivity contribution in [2.24, 2.45) is 5.10 Å². The predicted octanol–water partition coefficient (Wildman–Crippen LogP) is 3.14. The molecule has 0 aliphatic carbocycles. The van der Waals surface area contributed by atoms with Crippen LogP contribution in [0.15, 0.2) is 76.7 Å². The van der Waals surface area contributed by atoms with Gasteiger partial charge in [-0.25, -0.2) is 5.43 Å². The molecule has 176 valence electrons. The number of nitrogens with zero attached hydrogens (tertiary/aromatic N) is 2. The van der Waals surface area contributed by atoms with E-state index in [4.69, 9.17) is 13.7 Å². The molecule has 1 amide bonds. The molecule has 0 atom stereocenters. The number of hydrogen-bond donors (Lipinski definition) is 1. The van der Waals surface area contributed by atoms with Gasteiger partial charge in [-0.2, -0.15) is 13.5 Å². The van der Waals surface area contributed by atoms with Crippen LogP contribution in [-0.4, -0.2) is 39.7 Å². The second kappa shape index (κ2) is 10.4. The molecule has 0 heterocycles. The van der Waals surface area contributed by atoms with Gasteiger partial charge in [0, 0.05) is 17.7 Å². The third-order valence-electron chi connectivity index (χ3n) is 4.46. The lowest BCUT2D eigenvalue weighted by Gasteiger charge is -2.11. The van der Waals surface area contributed by atoms with E-state index in [0.29, 0.717) is 16.9 Å². The zero-order valence-electron chi connectivity index (χ0n) is 18.0. The minimum atomic E-state index is -4.27. The van der Waals surface area contributed by atoms with Gasteiger partial charge in [0.05, 0.1) is 25.4 Å². The molecule has 3 rings (SSSR count). The van der Waals surface area contributed by atoms with Gasteiger partial charge in [-0.3, -0.25) is 14.9 Å². The monoisotopic (exact) mass is 485 g/mol. The second-order valence-corrected chi connectivity index (χ2v) is 8.17. The summed E-state index contributed by atoms with van der Waals surface area (Å²) in [5.74, 6) is 0.182. The van der Waals surface area contributed by atoms with Crippen molar-refractivity contribution >= 4 is 27.9 Å². The van der Waals surface area contributed by atoms with Crippen molar-refractivity contribution in [2.75, 3.05) is 14.2 Å². The zero-order chi connectivity index (χ0) is 24.7. The average Bonchev–Trinajstić information content (AvgIpc) is 2.84. The maximum absolute atomic E-state index is 12.5. The number of methoxy groups -OCH3 is 2. The molecule has 0 aliphatic rings. The van der Waals surface area contributed by atoms with E-state index >= 15 is 0 Å². The van der Waals surface area contributed by atoms with Gasteiger partial charge in [0.15, 0.2) is 11.5 Å². The molecule has 3 aromatic carbocycles. The van der Waals surface area contributed by atoms with E-state index in [-0.39, 0.29) is 22.1 Å². The summed E-state index contributed by atoms with van der Waals surface area (Å²) in [5.41, 5.74) is 3.01. The molecule has 0 unspecified atom stereocenters. The quantitative estimate of drug-likeness (QED) is 0.210. The van der Waals surface area contributed by atoms with Crippen LogP contribution in [0.2, 0.25) is 0 Å². The molecule has 0 radical (unpaired) electrons. The Labute approximate surface area is 194 Å². The Morgan fingerprint density at radius 1 is 0.971 bits per heavy atom. The van der Waals surface area contributed by atoms with Crippen LogP contribution in [0.1, 0.15) is 15.9 Å². The SMILES string of the molecule is COc1ccc(C(=O)N/N=C\c2ccc(OS(=O)(=O)c3ccc([N+](=O)[O-])cc3)c(OC)c2)cc1. The molecule has 0 aromatic heterocycles. The summed E-state index contributed by atoms with van der Waals surface area (Å²) >= 11 is 0. The molecule has 3 aromatic rings. The van der Waals surface area contributed by atoms with E-state index in [1.165, 1.54) is 38.6 Å². The van der Waals surface area contributed by atoms with Crippen LogP contribution < -0.4 is 19.1 Å². The predicted molar refractivity (Wildman–Crippen MR) is 122 cm³/mol. The first kappa shape index (κ1) is 24.2. The number of nitro benzene ring substituents is 1. The van der Waals surface area contributed by atoms with Gasteiger partial charge in [0.2, 0.25) is 0 Å². The average molecular weight is 485 g/mol. The van der Waals surface area contributed by atoms with Crippen LogP contribution in [0.3, 0.4) is 0 Å². The Morgan fingerprint density at radius 2 is 1.65 bits per heavy atom. The van der Waals surface area contributed by atoms with Crippen molar-refractivity contribution in [1.29, 1.82) is 0 Å². The molecule has 0 saturated carbocycles. The number of rotatable bonds is 9. The lowest BCUT2D eigenvalue weighted by atomic mass is 10.2. The van der Waals surface area contributed by atoms with Gasteiger partial charge < -0.3 is 13.7 Å². The molecule has 0 spiro atoms. The highest BCUT2D eigenvalue weighted by Crippen LogP contribution is 2.30. The number of hydrogen-bond acceptors (Lipinski definition) is 9. The van der Waals surface area contributed by atoms with Crippen LogP contribution in [0.4, 0.5) is 5.69 Å². The summed E-state index contributed by atoms with van der Waals surface area (Å²) < 4.78 is 40.4. The number of nitrogens with one attached hydrogen (secondary N) is 1. The summed E-state index contributed by atoms with van der Waals surface area (Å²) in [7, 11) is -1.42. The summed E-state index contributed by atoms with van der Waals surface area (Å²) in [5, 5.41) is 14.6. The van der Waals surface area contributed by atoms with E-state index in [1.807, 2.05) is 0 Å². The maximum Gasteiger partial charge on any atom is 0.339 e. The van der Waals surface area contributed by atoms with Crippen molar-refractivity contribution in [1.82, 2.24) is 5.43 Å². The summed E-state index contributed by atoms with van der Waals surface area (Å²) in [6, 6.07) is 15.1. The Bertz CT molecular complexity index is 1320. The fourth-order valence-electron chi connectivity index (χ4n) is 2.71. The molecule has 0 fully saturated rings. The number of carbonyl (C=O) groups is 1. The first-order valence-corrected chi connectivity index (χ1v) is 11.0. The Hall–Kier alpha value is -4.45. The number of amides is 1. The summed E-state index contributed by atoms with van der Waals surface area (Å²) in [4.78, 5) is 22.0. The van der Waals surface area contributed by atoms with E-state index in [0.717, 1.165) is 24.3 Å². The fraction of sp³-hybridized carbons (Fsp3) is 0.0909. The number of hydrazone groups is 1. The van der Waals surface area contributed by atoms with Crippen LogP contribution >= 0.6 is 0 Å². The second-order valence-electron chi connectivity index (χ2n) is 6.63. The standard InChI is InChI=1S/C22H19N3O8S/c1-31-18-8-4-16(5-9-18)22(26)24-23-14-15-3-12-20(21(13-15)32-2)33-34(29,30)19-10-6-17(7-11-19)25(27)28/h3-14H,1-2H3,(H,24,26)/b23-14-. The highest BCUT2D eigenvalue weighted by molar-refractivity contribution is 7.87. The minimum absolute atomic E-state index is 0.0934. The summed E-state index contributed by atoms with van der Waals surface area (Å²) in [6.45, 7) is 0. The molecular formula is C22H19N3O8S. The van der Waals surface area contributed by atoms with Gasteiger partial charge in [-0.15, -0.1) is 0 Å². The van der Waals surface area contributed by atoms with Crippen molar-refractivity contribution in [3.8, 4) is 17.2 Å². The third kappa shape index (κ3) is 5.86. The Morgan fingerprint density at radius 3 is 2.24 bits per heavy atom. The molecule has 0 aliphatic heterocycles. The van der Waals surface area contributed by atoms with Crippen molar-refractivity contribution < 1.29 is 31.8 Å². The number of carbonyl (C=O) groups excluding carboxylic acids is 1. The van der Waals surface area contributed by atoms with Gasteiger partial charge in [0.1, 0.15) is 10.6 Å². The van der Waals surface area contributed by atoms with E-state index in [9.17, 15) is 23.3 Å². The van der Waals surface area contributed by atoms with Crippen molar-refractivity contribution in [2.45, 2.75) is 4.90 Å². The number of non-ortho nitro benzene ring substituents is 1. The van der Waals surface area contributed by atoms with E-state index in [2.05, 4.69) is 10.5 Å². The van der Waals surface area contributed by atoms with E-state index in [1.54, 1.807) is 24.3 Å². The van der Waals surface area contributed by atoms with Crippen molar-refractivity contribution in [3.05, 3.63) is 88.0 Å². The number of benzene rings is 3. The van der Waals surface area contributed by atoms with Gasteiger partial charge >= 0.3 is 10.1 Å². The van der Waals surface area contributed by atoms with Crippen LogP contribution in [-0.2, 0) is 10.1 Å². The molecule has 0 bridgehead atoms. The fourth-order valence-corrected chi connectivity index (χ4v) is 3.65. The third-order valence-corrected chi connectivity index (χ3v) is 5.70. The van der Waals surface area contributed by atoms with Crippen LogP contribution in [0, 0.1) is 10.1 Å². The zero-order valence-corrected chi connectivity index (χ0v) is 18.8. The van der Waals surface area contributed by atoms with Gasteiger partial charge in [0.25, 0.3) is 11.6 Å². The molecule has 1 N–H and O–H groups in total. The Balaban J connectivity index is 1.70. The number of nitro groups is 1. The smallest absolute Gasteiger partial charge is 0.339 e. The maximum atomic E-state index is 12.5. The molecule has 34 heavy (non-hydrogen) atoms. The highest BCUT2D eigenvalue weighted by Gasteiger charge is 2.20. The largest absolute Gasteiger partial charge is 0.497 e. The van der Waals surface area contributed by atoms with Gasteiger partial charge in [-0.1, -0.05) is 0 Å². The van der Waals surface area contributed by atoms with Crippen LogP contribution in [0.25, 0.3) is 0 Å². The Kier molecular flexibility index (Phi) is 7.43.